The number of benzene rings is 2. The predicted molar refractivity (Wildman–Crippen MR) is 356 cm³/mol. The molecule has 3 fully saturated rings. The molecule has 2 aromatic carbocycles. The van der Waals surface area contributed by atoms with Crippen LogP contribution in [0.3, 0.4) is 0 Å². The maximum atomic E-state index is 14.7. The Morgan fingerprint density at radius 1 is 0.935 bits per heavy atom. The molecule has 514 valence electrons. The first-order chi connectivity index (χ1) is 44.1. The Bertz CT molecular complexity index is 3080. The van der Waals surface area contributed by atoms with Gasteiger partial charge in [-0.1, -0.05) is 94.5 Å². The molecule has 93 heavy (non-hydrogen) atoms. The lowest BCUT2D eigenvalue weighted by Crippen LogP contribution is -2.63. The summed E-state index contributed by atoms with van der Waals surface area (Å²) in [7, 11) is 5.82. The van der Waals surface area contributed by atoms with Crippen molar-refractivity contribution >= 4 is 114 Å². The Labute approximate surface area is 565 Å². The van der Waals surface area contributed by atoms with E-state index in [2.05, 4.69) is 63.8 Å². The van der Waals surface area contributed by atoms with E-state index >= 15 is 0 Å². The number of hydrogen-bond acceptors (Lipinski definition) is 17. The van der Waals surface area contributed by atoms with Crippen LogP contribution in [-0.2, 0) is 58.9 Å². The molecule has 0 spiro atoms. The van der Waals surface area contributed by atoms with Crippen molar-refractivity contribution in [1.29, 1.82) is 0 Å². The van der Waals surface area contributed by atoms with Gasteiger partial charge in [0.25, 0.3) is 5.91 Å². The zero-order chi connectivity index (χ0) is 68.5. The van der Waals surface area contributed by atoms with Crippen LogP contribution in [0.25, 0.3) is 0 Å². The summed E-state index contributed by atoms with van der Waals surface area (Å²) in [4.78, 5) is 127. The molecule has 29 heteroatoms. The molecule has 26 nitrogen and oxygen atoms in total. The topological polar surface area (TPSA) is 340 Å². The van der Waals surface area contributed by atoms with Crippen LogP contribution in [-0.4, -0.2) is 196 Å². The minimum absolute atomic E-state index is 0.0402. The summed E-state index contributed by atoms with van der Waals surface area (Å²) in [5.41, 5.74) is 4.77. The lowest BCUT2D eigenvalue weighted by atomic mass is 9.83. The van der Waals surface area contributed by atoms with Crippen LogP contribution < -0.4 is 52.2 Å². The van der Waals surface area contributed by atoms with Crippen molar-refractivity contribution in [2.45, 2.75) is 153 Å². The van der Waals surface area contributed by atoms with Crippen molar-refractivity contribution in [3.05, 3.63) is 70.3 Å². The Morgan fingerprint density at radius 3 is 2.29 bits per heavy atom. The van der Waals surface area contributed by atoms with Crippen molar-refractivity contribution in [1.82, 2.24) is 31.5 Å². The van der Waals surface area contributed by atoms with E-state index in [1.165, 1.54) is 57.2 Å². The van der Waals surface area contributed by atoms with Crippen LogP contribution in [0.4, 0.5) is 26.7 Å². The van der Waals surface area contributed by atoms with Gasteiger partial charge in [0.15, 0.2) is 5.72 Å². The number of urea groups is 1. The van der Waals surface area contributed by atoms with E-state index in [1.807, 2.05) is 17.9 Å². The molecular formula is C64H91Br2ClN10O16. The SMILES string of the molecule is COc1cc2cc(c1Cl)N(C)C(=O)C[C@H](OC(=O)[C@H](C)N(C)C(=O)c1ccc(NC(=O)[C@H](CCCNC(N)=O)NC(=O)[C@@H](NC(=O)CCCCCNC(=O)C(CBr)CBr)C(C)C)c(N3CCOCC3)c1)[C@]1(C)O[C@H]1[C@H](C)[C@@H]1C[C@@](O)(NC(=O)O1)[C@H](OC)/C=C/C=C(\C)C2. The first-order valence-electron chi connectivity index (χ1n) is 31.3. The number of hydrogen-bond donors (Lipinski definition) is 8. The van der Waals surface area contributed by atoms with Gasteiger partial charge in [0.2, 0.25) is 29.5 Å². The van der Waals surface area contributed by atoms with Crippen LogP contribution in [0.15, 0.2) is 54.1 Å². The summed E-state index contributed by atoms with van der Waals surface area (Å²) in [5.74, 6) is -4.65. The fourth-order valence-corrected chi connectivity index (χ4v) is 13.4. The van der Waals surface area contributed by atoms with Gasteiger partial charge in [0.1, 0.15) is 52.8 Å². The third-order valence-electron chi connectivity index (χ3n) is 17.3. The number of aliphatic hydroxyl groups is 1. The number of unbranched alkanes of at least 4 members (excludes halogenated alkanes) is 2. The average Bonchev–Trinajstić information content (AvgIpc) is 1.58. The third kappa shape index (κ3) is 20.2. The van der Waals surface area contributed by atoms with Crippen LogP contribution >= 0.6 is 43.5 Å². The van der Waals surface area contributed by atoms with Gasteiger partial charge < -0.3 is 80.5 Å². The van der Waals surface area contributed by atoms with Gasteiger partial charge in [0.05, 0.1) is 55.8 Å². The molecule has 2 aromatic rings. The van der Waals surface area contributed by atoms with Crippen molar-refractivity contribution in [2.24, 2.45) is 23.5 Å². The van der Waals surface area contributed by atoms with E-state index < -0.39 is 114 Å². The second-order valence-electron chi connectivity index (χ2n) is 24.5. The molecule has 0 aromatic heterocycles. The number of fused-ring (bicyclic) bond motifs is 5. The standard InChI is InChI=1S/C64H91Br2ClN10O16/c1-36(2)54(73-51(78)19-12-11-13-22-69-56(80)42(34-65)35-66)58(82)72-44(17-15-23-70-61(68)85)57(81)71-43-21-20-41(31-45(43)77-24-26-90-27-25-77)59(83)75(7)39(5)60(84)92-50-32-52(79)76(8)46-29-40(30-47(88-9)53(46)67)28-37(3)16-14-18-49(89-10)64(87)33-48(91-62(86)74-64)38(4)55-63(50,6)93-55/h14,16,18,20-21,29-31,36,38-39,42,44,48-50,54-55,87H,11-13,15,17,19,22-28,32-35H2,1-10H3,(H,69,80)(H,71,81)(H,72,82)(H,73,78)(H,74,86)(H3,68,70,85)/b18-14+,37-16+/t38-,39+,44+,48+,49-,50+,54+,55+,63+,64+/m1/s1. The summed E-state index contributed by atoms with van der Waals surface area (Å²) in [6, 6.07) is 3.84. The Morgan fingerprint density at radius 2 is 1.63 bits per heavy atom. The summed E-state index contributed by atoms with van der Waals surface area (Å²) in [6.07, 6.45) is 2.20. The van der Waals surface area contributed by atoms with Gasteiger partial charge in [-0.05, 0) is 94.7 Å². The fraction of sp³-hybridized carbons (Fsp3) is 0.609. The number of carbonyl (C=O) groups is 9. The van der Waals surface area contributed by atoms with Crippen molar-refractivity contribution in [3.8, 4) is 5.75 Å². The summed E-state index contributed by atoms with van der Waals surface area (Å²) >= 11 is 13.6. The monoisotopic (exact) mass is 1450 g/mol. The predicted octanol–water partition coefficient (Wildman–Crippen LogP) is 5.76. The number of nitrogens with zero attached hydrogens (tertiary/aromatic N) is 3. The number of amides is 9. The van der Waals surface area contributed by atoms with Crippen molar-refractivity contribution in [3.63, 3.8) is 0 Å². The zero-order valence-corrected chi connectivity index (χ0v) is 58.5. The van der Waals surface area contributed by atoms with E-state index in [4.69, 9.17) is 45.8 Å². The third-order valence-corrected chi connectivity index (χ3v) is 19.2. The number of alkyl carbamates (subject to hydrolysis) is 1. The molecular weight excluding hydrogens is 1360 g/mol. The normalized spacial score (nSPS) is 24.3. The number of ether oxygens (including phenoxy) is 6. The number of rotatable bonds is 26. The number of morpholine rings is 1. The minimum atomic E-state index is -1.92. The number of anilines is 3. The van der Waals surface area contributed by atoms with Crippen molar-refractivity contribution in [2.75, 3.05) is 93.5 Å². The number of nitrogens with two attached hydrogens (primary N) is 1. The molecule has 6 rings (SSSR count). The first kappa shape index (κ1) is 75.5. The van der Waals surface area contributed by atoms with E-state index in [9.17, 15) is 48.3 Å². The lowest BCUT2D eigenvalue weighted by molar-refractivity contribution is -0.158. The first-order valence-corrected chi connectivity index (χ1v) is 33.9. The number of likely N-dealkylation sites (N-methyl/N-ethyl adjacent to an activating group) is 1. The molecule has 9 N–H and O–H groups in total. The number of alkyl halides is 2. The smallest absolute Gasteiger partial charge is 0.409 e. The second kappa shape index (κ2) is 34.7. The van der Waals surface area contributed by atoms with Gasteiger partial charge in [-0.25, -0.2) is 14.4 Å². The maximum Gasteiger partial charge on any atom is 0.409 e. The van der Waals surface area contributed by atoms with Crippen LogP contribution in [0.5, 0.6) is 5.75 Å². The van der Waals surface area contributed by atoms with Gasteiger partial charge in [-0.15, -0.1) is 0 Å². The van der Waals surface area contributed by atoms with Gasteiger partial charge in [-0.2, -0.15) is 0 Å². The number of carbonyl (C=O) groups excluding carboxylic acids is 9. The molecule has 9 amide bonds. The number of allylic oxidation sites excluding steroid dienone is 3. The molecule has 4 heterocycles. The minimum Gasteiger partial charge on any atom is -0.495 e. The Kier molecular flexibility index (Phi) is 28.2. The molecule has 3 saturated heterocycles. The summed E-state index contributed by atoms with van der Waals surface area (Å²) in [6.45, 7) is 12.2. The molecule has 0 saturated carbocycles. The van der Waals surface area contributed by atoms with E-state index in [-0.39, 0.29) is 66.2 Å². The zero-order valence-electron chi connectivity index (χ0n) is 54.5. The second-order valence-corrected chi connectivity index (χ2v) is 26.2. The summed E-state index contributed by atoms with van der Waals surface area (Å²) < 4.78 is 35.5. The fourth-order valence-electron chi connectivity index (χ4n) is 11.4. The largest absolute Gasteiger partial charge is 0.495 e. The molecule has 4 bridgehead atoms. The highest BCUT2D eigenvalue weighted by Crippen LogP contribution is 2.49. The van der Waals surface area contributed by atoms with Gasteiger partial charge >= 0.3 is 18.1 Å². The van der Waals surface area contributed by atoms with Crippen molar-refractivity contribution < 1.29 is 76.7 Å². The lowest BCUT2D eigenvalue weighted by Gasteiger charge is -2.42. The van der Waals surface area contributed by atoms with Crippen LogP contribution in [0.2, 0.25) is 5.02 Å². The summed E-state index contributed by atoms with van der Waals surface area (Å²) in [5, 5.41) is 29.7. The molecule has 4 aliphatic heterocycles. The highest BCUT2D eigenvalue weighted by molar-refractivity contribution is 9.09. The van der Waals surface area contributed by atoms with Gasteiger partial charge in [0, 0.05) is 82.4 Å². The van der Waals surface area contributed by atoms with E-state index in [0.29, 0.717) is 86.3 Å². The number of primary amides is 1. The molecule has 10 atom stereocenters. The Balaban J connectivity index is 1.22. The number of esters is 1. The Hall–Kier alpha value is -6.56. The van der Waals surface area contributed by atoms with E-state index in [1.54, 1.807) is 58.0 Å². The number of halogens is 3. The number of methoxy groups -OCH3 is 2. The number of nitrogens with one attached hydrogen (secondary N) is 6. The molecule has 0 radical (unpaired) electrons. The highest BCUT2D eigenvalue weighted by Gasteiger charge is 2.64. The molecule has 0 unspecified atom stereocenters. The maximum absolute atomic E-state index is 14.7. The quantitative estimate of drug-likeness (QED) is 0.0240. The van der Waals surface area contributed by atoms with Crippen LogP contribution in [0, 0.1) is 17.8 Å². The van der Waals surface area contributed by atoms with Gasteiger partial charge in [-0.3, -0.25) is 34.1 Å². The molecule has 0 aliphatic carbocycles. The molecule has 4 aliphatic rings. The average molecular weight is 1450 g/mol. The number of epoxide rings is 1. The van der Waals surface area contributed by atoms with E-state index in [0.717, 1.165) is 11.1 Å². The van der Waals surface area contributed by atoms with Crippen LogP contribution in [0.1, 0.15) is 109 Å². The highest BCUT2D eigenvalue weighted by atomic mass is 79.9.